The predicted molar refractivity (Wildman–Crippen MR) is 67.9 cm³/mol. The first-order valence-corrected chi connectivity index (χ1v) is 6.53. The second-order valence-electron chi connectivity index (χ2n) is 5.02. The first-order chi connectivity index (χ1) is 8.50. The summed E-state index contributed by atoms with van der Waals surface area (Å²) in [5, 5.41) is 0. The van der Waals surface area contributed by atoms with Gasteiger partial charge in [0.25, 0.3) is 0 Å². The van der Waals surface area contributed by atoms with Crippen LogP contribution in [-0.4, -0.2) is 16.3 Å². The number of hydrogen-bond donors (Lipinski definition) is 0. The quantitative estimate of drug-likeness (QED) is 0.600. The van der Waals surface area contributed by atoms with Gasteiger partial charge >= 0.3 is 6.18 Å². The van der Waals surface area contributed by atoms with Gasteiger partial charge in [-0.15, -0.1) is 11.8 Å². The molecule has 0 unspecified atom stereocenters. The molecule has 0 fully saturated rings. The minimum Gasteiger partial charge on any atom is -0.293 e. The molecule has 0 aliphatic rings. The fourth-order valence-corrected chi connectivity index (χ4v) is 2.01. The molecule has 0 amide bonds. The molecule has 0 spiro atoms. The van der Waals surface area contributed by atoms with Crippen LogP contribution < -0.4 is 0 Å². The van der Waals surface area contributed by atoms with Crippen molar-refractivity contribution in [2.75, 3.05) is 5.75 Å². The lowest BCUT2D eigenvalue weighted by Crippen LogP contribution is -2.14. The second kappa shape index (κ2) is 5.53. The topological polar surface area (TPSA) is 17.1 Å². The zero-order valence-corrected chi connectivity index (χ0v) is 11.6. The van der Waals surface area contributed by atoms with Crippen LogP contribution in [0.4, 0.5) is 17.6 Å². The lowest BCUT2D eigenvalue weighted by atomic mass is 10.1. The van der Waals surface area contributed by atoms with Crippen molar-refractivity contribution in [2.45, 2.75) is 31.7 Å². The van der Waals surface area contributed by atoms with Crippen molar-refractivity contribution in [1.29, 1.82) is 0 Å². The highest BCUT2D eigenvalue weighted by Gasteiger charge is 2.34. The Morgan fingerprint density at radius 3 is 2.21 bits per heavy atom. The molecule has 0 aliphatic carbocycles. The van der Waals surface area contributed by atoms with E-state index in [0.29, 0.717) is 12.1 Å². The van der Waals surface area contributed by atoms with E-state index in [0.717, 1.165) is 6.07 Å². The van der Waals surface area contributed by atoms with Crippen LogP contribution in [0, 0.1) is 5.82 Å². The largest absolute Gasteiger partial charge is 0.419 e. The van der Waals surface area contributed by atoms with E-state index in [1.54, 1.807) is 0 Å². The van der Waals surface area contributed by atoms with Gasteiger partial charge in [0.15, 0.2) is 5.78 Å². The van der Waals surface area contributed by atoms with Gasteiger partial charge in [-0.25, -0.2) is 4.39 Å². The van der Waals surface area contributed by atoms with E-state index in [1.165, 1.54) is 11.8 Å². The lowest BCUT2D eigenvalue weighted by Gasteiger charge is -2.16. The van der Waals surface area contributed by atoms with Gasteiger partial charge in [0.1, 0.15) is 5.82 Å². The third-order valence-electron chi connectivity index (χ3n) is 2.23. The molecule has 1 nitrogen and oxygen atoms in total. The Kier molecular flexibility index (Phi) is 4.66. The number of Topliss-reactive ketones (excluding diaryl/α,β-unsaturated/α-hetero) is 1. The summed E-state index contributed by atoms with van der Waals surface area (Å²) in [4.78, 5) is 11.7. The highest BCUT2D eigenvalue weighted by Crippen LogP contribution is 2.32. The Bertz CT molecular complexity index is 475. The third-order valence-corrected chi connectivity index (χ3v) is 3.51. The summed E-state index contributed by atoms with van der Waals surface area (Å²) < 4.78 is 50.2. The summed E-state index contributed by atoms with van der Waals surface area (Å²) in [6.07, 6.45) is -4.74. The molecule has 0 heterocycles. The van der Waals surface area contributed by atoms with Gasteiger partial charge in [-0.1, -0.05) is 26.8 Å². The molecular weight excluding hydrogens is 280 g/mol. The Labute approximate surface area is 113 Å². The molecule has 1 aromatic rings. The number of ketones is 1. The van der Waals surface area contributed by atoms with E-state index in [-0.39, 0.29) is 21.8 Å². The summed E-state index contributed by atoms with van der Waals surface area (Å²) in [5.74, 6) is -1.69. The molecule has 106 valence electrons. The number of carbonyl (C=O) groups excluding carboxylic acids is 1. The third kappa shape index (κ3) is 4.86. The van der Waals surface area contributed by atoms with Gasteiger partial charge in [-0.2, -0.15) is 13.2 Å². The van der Waals surface area contributed by atoms with Crippen LogP contribution in [-0.2, 0) is 6.18 Å². The number of halogens is 4. The highest BCUT2D eigenvalue weighted by atomic mass is 32.2. The maximum atomic E-state index is 13.3. The molecule has 0 atom stereocenters. The van der Waals surface area contributed by atoms with Crippen LogP contribution in [0.5, 0.6) is 0 Å². The molecule has 6 heteroatoms. The molecule has 0 bridgehead atoms. The van der Waals surface area contributed by atoms with Crippen LogP contribution in [0.3, 0.4) is 0 Å². The van der Waals surface area contributed by atoms with E-state index in [2.05, 4.69) is 0 Å². The number of thioether (sulfide) groups is 1. The van der Waals surface area contributed by atoms with Gasteiger partial charge in [0.05, 0.1) is 11.3 Å². The average molecular weight is 294 g/mol. The standard InChI is InChI=1S/C13H14F4OS/c1-12(2,3)19-7-11(18)8-4-5-9(10(14)6-8)13(15,16)17/h4-6H,7H2,1-3H3. The molecule has 0 aliphatic heterocycles. The monoisotopic (exact) mass is 294 g/mol. The normalized spacial score (nSPS) is 12.6. The first-order valence-electron chi connectivity index (χ1n) is 5.54. The van der Waals surface area contributed by atoms with E-state index < -0.39 is 17.6 Å². The van der Waals surface area contributed by atoms with E-state index in [1.807, 2.05) is 20.8 Å². The van der Waals surface area contributed by atoms with Gasteiger partial charge in [-0.3, -0.25) is 4.79 Å². The molecule has 19 heavy (non-hydrogen) atoms. The number of hydrogen-bond acceptors (Lipinski definition) is 2. The predicted octanol–water partition coefficient (Wildman–Crippen LogP) is 4.56. The van der Waals surface area contributed by atoms with Crippen molar-refractivity contribution >= 4 is 17.5 Å². The summed E-state index contributed by atoms with van der Waals surface area (Å²) in [7, 11) is 0. The summed E-state index contributed by atoms with van der Waals surface area (Å²) in [6, 6.07) is 2.26. The van der Waals surface area contributed by atoms with Gasteiger partial charge in [0.2, 0.25) is 0 Å². The number of rotatable bonds is 3. The molecule has 0 saturated heterocycles. The summed E-state index contributed by atoms with van der Waals surface area (Å²) >= 11 is 1.36. The number of benzene rings is 1. The molecule has 1 rings (SSSR count). The van der Waals surface area contributed by atoms with Crippen molar-refractivity contribution < 1.29 is 22.4 Å². The fourth-order valence-electron chi connectivity index (χ4n) is 1.28. The van der Waals surface area contributed by atoms with E-state index >= 15 is 0 Å². The van der Waals surface area contributed by atoms with E-state index in [4.69, 9.17) is 0 Å². The summed E-state index contributed by atoms with van der Waals surface area (Å²) in [6.45, 7) is 5.74. The zero-order chi connectivity index (χ0) is 14.8. The first kappa shape index (κ1) is 16.0. The molecule has 0 saturated carbocycles. The van der Waals surface area contributed by atoms with Crippen LogP contribution in [0.25, 0.3) is 0 Å². The Hall–Kier alpha value is -1.04. The van der Waals surface area contributed by atoms with Crippen molar-refractivity contribution in [1.82, 2.24) is 0 Å². The van der Waals surface area contributed by atoms with Gasteiger partial charge in [0, 0.05) is 10.3 Å². The highest BCUT2D eigenvalue weighted by molar-refractivity contribution is 8.01. The molecule has 1 aromatic carbocycles. The van der Waals surface area contributed by atoms with Crippen molar-refractivity contribution in [3.63, 3.8) is 0 Å². The summed E-state index contributed by atoms with van der Waals surface area (Å²) in [5.41, 5.74) is -1.39. The van der Waals surface area contributed by atoms with Crippen LogP contribution in [0.15, 0.2) is 18.2 Å². The molecule has 0 N–H and O–H groups in total. The van der Waals surface area contributed by atoms with Crippen LogP contribution >= 0.6 is 11.8 Å². The minimum absolute atomic E-state index is 0.0396. The lowest BCUT2D eigenvalue weighted by molar-refractivity contribution is -0.140. The molecule has 0 aromatic heterocycles. The van der Waals surface area contributed by atoms with Crippen LogP contribution in [0.1, 0.15) is 36.7 Å². The second-order valence-corrected chi connectivity index (χ2v) is 6.82. The number of carbonyl (C=O) groups is 1. The Balaban J connectivity index is 2.87. The van der Waals surface area contributed by atoms with Crippen molar-refractivity contribution in [2.24, 2.45) is 0 Å². The zero-order valence-electron chi connectivity index (χ0n) is 10.8. The van der Waals surface area contributed by atoms with Gasteiger partial charge < -0.3 is 0 Å². The van der Waals surface area contributed by atoms with Crippen molar-refractivity contribution in [3.8, 4) is 0 Å². The fraction of sp³-hybridized carbons (Fsp3) is 0.462. The maximum absolute atomic E-state index is 13.3. The number of alkyl halides is 3. The average Bonchev–Trinajstić information content (AvgIpc) is 2.22. The molecule has 0 radical (unpaired) electrons. The van der Waals surface area contributed by atoms with E-state index in [9.17, 15) is 22.4 Å². The Morgan fingerprint density at radius 2 is 1.79 bits per heavy atom. The SMILES string of the molecule is CC(C)(C)SCC(=O)c1ccc(C(F)(F)F)c(F)c1. The maximum Gasteiger partial charge on any atom is 0.419 e. The Morgan fingerprint density at radius 1 is 1.21 bits per heavy atom. The van der Waals surface area contributed by atoms with Crippen LogP contribution in [0.2, 0.25) is 0 Å². The molecular formula is C13H14F4OS. The van der Waals surface area contributed by atoms with Crippen molar-refractivity contribution in [3.05, 3.63) is 35.1 Å². The van der Waals surface area contributed by atoms with Gasteiger partial charge in [-0.05, 0) is 12.1 Å². The smallest absolute Gasteiger partial charge is 0.293 e. The minimum atomic E-state index is -4.74.